The fraction of sp³-hybridized carbons (Fsp3) is 0.538. The Morgan fingerprint density at radius 1 is 1.11 bits per heavy atom. The van der Waals surface area contributed by atoms with Crippen molar-refractivity contribution < 1.29 is 13.2 Å². The Kier molecular flexibility index (Phi) is 4.65. The molecule has 100 valence electrons. The van der Waals surface area contributed by atoms with E-state index in [0.717, 1.165) is 18.4 Å². The Bertz CT molecular complexity index is 464. The van der Waals surface area contributed by atoms with Crippen LogP contribution in [0, 0.1) is 0 Å². The van der Waals surface area contributed by atoms with Gasteiger partial charge in [0.05, 0.1) is 18.0 Å². The van der Waals surface area contributed by atoms with Crippen LogP contribution in [0.5, 0.6) is 0 Å². The average molecular weight is 289 g/mol. The molecule has 2 rings (SSSR count). The highest BCUT2D eigenvalue weighted by molar-refractivity contribution is 8.14. The monoisotopic (exact) mass is 288 g/mol. The van der Waals surface area contributed by atoms with Gasteiger partial charge in [-0.15, -0.1) is 0 Å². The number of ether oxygens (including phenoxy) is 1. The van der Waals surface area contributed by atoms with Crippen LogP contribution >= 0.6 is 10.7 Å². The zero-order valence-electron chi connectivity index (χ0n) is 10.1. The predicted molar refractivity (Wildman–Crippen MR) is 72.0 cm³/mol. The van der Waals surface area contributed by atoms with Crippen LogP contribution in [-0.2, 0) is 20.4 Å². The average Bonchev–Trinajstić information content (AvgIpc) is 2.37. The highest BCUT2D eigenvalue weighted by Crippen LogP contribution is 2.28. The molecule has 3 nitrogen and oxygen atoms in total. The molecule has 1 aromatic carbocycles. The van der Waals surface area contributed by atoms with Gasteiger partial charge in [-0.1, -0.05) is 30.3 Å². The summed E-state index contributed by atoms with van der Waals surface area (Å²) in [7, 11) is 1.96. The summed E-state index contributed by atoms with van der Waals surface area (Å²) in [4.78, 5) is 0. The van der Waals surface area contributed by atoms with Gasteiger partial charge in [-0.25, -0.2) is 8.42 Å². The van der Waals surface area contributed by atoms with E-state index in [-0.39, 0.29) is 6.10 Å². The van der Waals surface area contributed by atoms with Gasteiger partial charge < -0.3 is 4.74 Å². The maximum atomic E-state index is 11.2. The molecule has 1 aliphatic carbocycles. The van der Waals surface area contributed by atoms with E-state index in [1.54, 1.807) is 0 Å². The van der Waals surface area contributed by atoms with Gasteiger partial charge in [-0.2, -0.15) is 0 Å². The lowest BCUT2D eigenvalue weighted by Gasteiger charge is -2.26. The van der Waals surface area contributed by atoms with E-state index in [2.05, 4.69) is 0 Å². The molecule has 1 saturated carbocycles. The fourth-order valence-electron chi connectivity index (χ4n) is 2.27. The molecular weight excluding hydrogens is 272 g/mol. The lowest BCUT2D eigenvalue weighted by Crippen LogP contribution is -2.28. The molecule has 0 saturated heterocycles. The third-order valence-corrected chi connectivity index (χ3v) is 5.37. The van der Waals surface area contributed by atoms with E-state index >= 15 is 0 Å². The smallest absolute Gasteiger partial charge is 0.235 e. The highest BCUT2D eigenvalue weighted by atomic mass is 35.7. The lowest BCUT2D eigenvalue weighted by atomic mass is 9.97. The molecule has 18 heavy (non-hydrogen) atoms. The summed E-state index contributed by atoms with van der Waals surface area (Å²) < 4.78 is 28.2. The Balaban J connectivity index is 1.78. The quantitative estimate of drug-likeness (QED) is 0.800. The topological polar surface area (TPSA) is 43.4 Å². The zero-order chi connectivity index (χ0) is 13.0. The number of hydrogen-bond acceptors (Lipinski definition) is 3. The first kappa shape index (κ1) is 13.8. The Morgan fingerprint density at radius 2 is 1.72 bits per heavy atom. The molecule has 1 aliphatic rings. The normalized spacial score (nSPS) is 24.9. The third kappa shape index (κ3) is 3.97. The van der Waals surface area contributed by atoms with Gasteiger partial charge in [-0.05, 0) is 31.2 Å². The molecule has 0 aliphatic heterocycles. The van der Waals surface area contributed by atoms with Crippen LogP contribution in [0.4, 0.5) is 0 Å². The van der Waals surface area contributed by atoms with Crippen molar-refractivity contribution in [3.8, 4) is 0 Å². The van der Waals surface area contributed by atoms with Crippen LogP contribution in [0.15, 0.2) is 30.3 Å². The van der Waals surface area contributed by atoms with Gasteiger partial charge in [0.2, 0.25) is 9.05 Å². The van der Waals surface area contributed by atoms with Crippen LogP contribution in [0.2, 0.25) is 0 Å². The molecule has 0 bridgehead atoms. The molecule has 1 aromatic rings. The molecule has 0 spiro atoms. The molecule has 0 radical (unpaired) electrons. The van der Waals surface area contributed by atoms with Crippen molar-refractivity contribution in [1.29, 1.82) is 0 Å². The van der Waals surface area contributed by atoms with E-state index in [1.807, 2.05) is 30.3 Å². The molecule has 0 heterocycles. The predicted octanol–water partition coefficient (Wildman–Crippen LogP) is 3.08. The molecule has 0 N–H and O–H groups in total. The standard InChI is InChI=1S/C13H17ClO3S/c14-18(15,16)13-8-6-12(7-9-13)17-10-11-4-2-1-3-5-11/h1-5,12-13H,6-10H2. The maximum absolute atomic E-state index is 11.2. The van der Waals surface area contributed by atoms with Crippen LogP contribution in [0.3, 0.4) is 0 Å². The Hall–Kier alpha value is -0.580. The Labute approximate surface area is 113 Å². The first-order valence-electron chi connectivity index (χ1n) is 6.14. The van der Waals surface area contributed by atoms with Crippen LogP contribution in [-0.4, -0.2) is 19.8 Å². The van der Waals surface area contributed by atoms with Crippen molar-refractivity contribution in [2.75, 3.05) is 0 Å². The summed E-state index contributed by atoms with van der Waals surface area (Å²) in [6.45, 7) is 0.587. The van der Waals surface area contributed by atoms with Crippen molar-refractivity contribution >= 4 is 19.7 Å². The summed E-state index contributed by atoms with van der Waals surface area (Å²) in [6.07, 6.45) is 2.89. The summed E-state index contributed by atoms with van der Waals surface area (Å²) in [6, 6.07) is 9.98. The van der Waals surface area contributed by atoms with E-state index in [1.165, 1.54) is 0 Å². The van der Waals surface area contributed by atoms with Gasteiger partial charge in [-0.3, -0.25) is 0 Å². The largest absolute Gasteiger partial charge is 0.374 e. The number of halogens is 1. The minimum Gasteiger partial charge on any atom is -0.374 e. The molecule has 1 fully saturated rings. The van der Waals surface area contributed by atoms with Crippen LogP contribution in [0.1, 0.15) is 31.2 Å². The number of hydrogen-bond donors (Lipinski definition) is 0. The third-order valence-electron chi connectivity index (χ3n) is 3.35. The van der Waals surface area contributed by atoms with Crippen molar-refractivity contribution in [3.63, 3.8) is 0 Å². The van der Waals surface area contributed by atoms with E-state index < -0.39 is 14.3 Å². The minimum absolute atomic E-state index is 0.153. The van der Waals surface area contributed by atoms with Crippen LogP contribution in [0.25, 0.3) is 0 Å². The van der Waals surface area contributed by atoms with Crippen molar-refractivity contribution in [2.24, 2.45) is 0 Å². The number of benzene rings is 1. The van der Waals surface area contributed by atoms with E-state index in [0.29, 0.717) is 19.4 Å². The molecule has 0 amide bonds. The number of rotatable bonds is 4. The van der Waals surface area contributed by atoms with Gasteiger partial charge in [0.25, 0.3) is 0 Å². The molecule has 5 heteroatoms. The molecule has 0 unspecified atom stereocenters. The molecule has 0 aromatic heterocycles. The van der Waals surface area contributed by atoms with E-state index in [4.69, 9.17) is 15.4 Å². The van der Waals surface area contributed by atoms with Gasteiger partial charge >= 0.3 is 0 Å². The van der Waals surface area contributed by atoms with Crippen molar-refractivity contribution in [2.45, 2.75) is 43.6 Å². The Morgan fingerprint density at radius 3 is 2.28 bits per heavy atom. The second kappa shape index (κ2) is 6.04. The van der Waals surface area contributed by atoms with Crippen molar-refractivity contribution in [3.05, 3.63) is 35.9 Å². The van der Waals surface area contributed by atoms with Gasteiger partial charge in [0.1, 0.15) is 0 Å². The second-order valence-corrected chi connectivity index (χ2v) is 7.58. The SMILES string of the molecule is O=S(=O)(Cl)C1CCC(OCc2ccccc2)CC1. The molecular formula is C13H17ClO3S. The maximum Gasteiger partial charge on any atom is 0.235 e. The fourth-order valence-corrected chi connectivity index (χ4v) is 3.64. The molecule has 0 atom stereocenters. The summed E-state index contributed by atoms with van der Waals surface area (Å²) in [5.74, 6) is 0. The summed E-state index contributed by atoms with van der Waals surface area (Å²) in [5.41, 5.74) is 1.14. The first-order chi connectivity index (χ1) is 8.55. The zero-order valence-corrected chi connectivity index (χ0v) is 11.7. The van der Waals surface area contributed by atoms with E-state index in [9.17, 15) is 8.42 Å². The van der Waals surface area contributed by atoms with Crippen molar-refractivity contribution in [1.82, 2.24) is 0 Å². The van der Waals surface area contributed by atoms with Gasteiger partial charge in [0.15, 0.2) is 0 Å². The summed E-state index contributed by atoms with van der Waals surface area (Å²) >= 11 is 0. The lowest BCUT2D eigenvalue weighted by molar-refractivity contribution is 0.0175. The highest BCUT2D eigenvalue weighted by Gasteiger charge is 2.29. The second-order valence-electron chi connectivity index (χ2n) is 4.67. The minimum atomic E-state index is -3.40. The summed E-state index contributed by atoms with van der Waals surface area (Å²) in [5, 5.41) is -0.393. The van der Waals surface area contributed by atoms with Crippen LogP contribution < -0.4 is 0 Å². The van der Waals surface area contributed by atoms with Gasteiger partial charge in [0, 0.05) is 10.7 Å². The first-order valence-corrected chi connectivity index (χ1v) is 8.52.